The highest BCUT2D eigenvalue weighted by atomic mass is 35.5. The maximum Gasteiger partial charge on any atom is 0.328 e. The van der Waals surface area contributed by atoms with Gasteiger partial charge in [-0.25, -0.2) is 0 Å². The van der Waals surface area contributed by atoms with E-state index in [0.717, 1.165) is 0 Å². The molecule has 0 amide bonds. The van der Waals surface area contributed by atoms with Gasteiger partial charge in [-0.15, -0.1) is 11.6 Å². The van der Waals surface area contributed by atoms with Gasteiger partial charge >= 0.3 is 5.97 Å². The molecule has 0 heterocycles. The van der Waals surface area contributed by atoms with E-state index in [1.54, 1.807) is 12.1 Å². The van der Waals surface area contributed by atoms with Gasteiger partial charge in [0.15, 0.2) is 16.9 Å². The van der Waals surface area contributed by atoms with Gasteiger partial charge in [0.25, 0.3) is 0 Å². The van der Waals surface area contributed by atoms with Crippen LogP contribution in [0, 0.1) is 11.3 Å². The van der Waals surface area contributed by atoms with Crippen molar-refractivity contribution in [2.75, 3.05) is 20.1 Å². The van der Waals surface area contributed by atoms with Crippen molar-refractivity contribution in [2.24, 2.45) is 0 Å². The van der Waals surface area contributed by atoms with Crippen LogP contribution in [0.3, 0.4) is 0 Å². The second kappa shape index (κ2) is 7.01. The standard InChI is InChI=1S/C14H16ClNO4/c1-19-11-5-4-10(8-12(11)20-2)14(9-16,13(17)18)6-3-7-15/h4-5,8H,3,6-7H2,1-2H3,(H,17,18). The molecule has 1 aromatic carbocycles. The molecule has 20 heavy (non-hydrogen) atoms. The highest BCUT2D eigenvalue weighted by Gasteiger charge is 2.40. The summed E-state index contributed by atoms with van der Waals surface area (Å²) < 4.78 is 10.3. The first-order valence-electron chi connectivity index (χ1n) is 5.98. The number of carbonyl (C=O) groups is 1. The number of alkyl halides is 1. The molecule has 1 aromatic rings. The summed E-state index contributed by atoms with van der Waals surface area (Å²) in [6, 6.07) is 6.57. The van der Waals surface area contributed by atoms with Gasteiger partial charge in [-0.2, -0.15) is 5.26 Å². The third kappa shape index (κ3) is 2.97. The molecule has 0 aromatic heterocycles. The van der Waals surface area contributed by atoms with Gasteiger partial charge in [-0.3, -0.25) is 4.79 Å². The van der Waals surface area contributed by atoms with Crippen LogP contribution in [0.1, 0.15) is 18.4 Å². The molecule has 108 valence electrons. The van der Waals surface area contributed by atoms with Crippen LogP contribution in [0.25, 0.3) is 0 Å². The number of rotatable bonds is 7. The molecule has 1 rings (SSSR count). The lowest BCUT2D eigenvalue weighted by atomic mass is 9.78. The fraction of sp³-hybridized carbons (Fsp3) is 0.429. The SMILES string of the molecule is COc1ccc(C(C#N)(CCCCl)C(=O)O)cc1OC. The van der Waals surface area contributed by atoms with Crippen LogP contribution in [0.4, 0.5) is 0 Å². The zero-order chi connectivity index (χ0) is 15.2. The van der Waals surface area contributed by atoms with E-state index in [2.05, 4.69) is 0 Å². The molecule has 0 saturated carbocycles. The Morgan fingerprint density at radius 3 is 2.50 bits per heavy atom. The summed E-state index contributed by atoms with van der Waals surface area (Å²) in [5, 5.41) is 18.8. The summed E-state index contributed by atoms with van der Waals surface area (Å²) in [5.41, 5.74) is -1.27. The van der Waals surface area contributed by atoms with Crippen LogP contribution in [-0.2, 0) is 10.2 Å². The number of benzene rings is 1. The molecule has 5 nitrogen and oxygen atoms in total. The van der Waals surface area contributed by atoms with Gasteiger partial charge in [-0.1, -0.05) is 6.07 Å². The Labute approximate surface area is 122 Å². The lowest BCUT2D eigenvalue weighted by Gasteiger charge is -2.23. The van der Waals surface area contributed by atoms with Crippen molar-refractivity contribution >= 4 is 17.6 Å². The Hall–Kier alpha value is -1.93. The Bertz CT molecular complexity index is 526. The van der Waals surface area contributed by atoms with Gasteiger partial charge < -0.3 is 14.6 Å². The molecule has 1 N–H and O–H groups in total. The third-order valence-electron chi connectivity index (χ3n) is 3.12. The number of ether oxygens (including phenoxy) is 2. The Morgan fingerprint density at radius 2 is 2.05 bits per heavy atom. The monoisotopic (exact) mass is 297 g/mol. The van der Waals surface area contributed by atoms with Crippen molar-refractivity contribution in [1.82, 2.24) is 0 Å². The summed E-state index contributed by atoms with van der Waals surface area (Å²) in [6.07, 6.45) is 0.563. The van der Waals surface area contributed by atoms with Gasteiger partial charge in [-0.05, 0) is 30.5 Å². The first-order chi connectivity index (χ1) is 9.55. The van der Waals surface area contributed by atoms with Gasteiger partial charge in [0.05, 0.1) is 20.3 Å². The fourth-order valence-corrected chi connectivity index (χ4v) is 2.11. The number of hydrogen-bond donors (Lipinski definition) is 1. The third-order valence-corrected chi connectivity index (χ3v) is 3.38. The van der Waals surface area contributed by atoms with E-state index < -0.39 is 11.4 Å². The molecule has 0 aliphatic heterocycles. The van der Waals surface area contributed by atoms with Crippen LogP contribution in [0.2, 0.25) is 0 Å². The minimum Gasteiger partial charge on any atom is -0.493 e. The summed E-state index contributed by atoms with van der Waals surface area (Å²) >= 11 is 5.62. The highest BCUT2D eigenvalue weighted by Crippen LogP contribution is 2.36. The van der Waals surface area contributed by atoms with Crippen molar-refractivity contribution in [3.63, 3.8) is 0 Å². The normalized spacial score (nSPS) is 13.1. The number of nitriles is 1. The summed E-state index contributed by atoms with van der Waals surface area (Å²) in [6.45, 7) is 0. The van der Waals surface area contributed by atoms with Crippen molar-refractivity contribution < 1.29 is 19.4 Å². The zero-order valence-electron chi connectivity index (χ0n) is 11.4. The minimum atomic E-state index is -1.63. The van der Waals surface area contributed by atoms with Gasteiger partial charge in [0, 0.05) is 5.88 Å². The molecular weight excluding hydrogens is 282 g/mol. The Balaban J connectivity index is 3.34. The lowest BCUT2D eigenvalue weighted by molar-refractivity contribution is -0.141. The Morgan fingerprint density at radius 1 is 1.40 bits per heavy atom. The number of nitrogens with zero attached hydrogens (tertiary/aromatic N) is 1. The molecule has 1 atom stereocenters. The quantitative estimate of drug-likeness (QED) is 0.782. The van der Waals surface area contributed by atoms with Gasteiger partial charge in [0.1, 0.15) is 0 Å². The van der Waals surface area contributed by atoms with E-state index in [1.807, 2.05) is 6.07 Å². The second-order valence-electron chi connectivity index (χ2n) is 4.18. The predicted molar refractivity (Wildman–Crippen MR) is 74.4 cm³/mol. The average molecular weight is 298 g/mol. The second-order valence-corrected chi connectivity index (χ2v) is 4.56. The van der Waals surface area contributed by atoms with Crippen molar-refractivity contribution in [1.29, 1.82) is 5.26 Å². The highest BCUT2D eigenvalue weighted by molar-refractivity contribution is 6.17. The fourth-order valence-electron chi connectivity index (χ4n) is 1.98. The first kappa shape index (κ1) is 16.1. The summed E-state index contributed by atoms with van der Waals surface area (Å²) in [5.74, 6) is -0.0378. The number of hydrogen-bond acceptors (Lipinski definition) is 4. The number of carboxylic acid groups (broad SMARTS) is 1. The minimum absolute atomic E-state index is 0.137. The van der Waals surface area contributed by atoms with Crippen LogP contribution in [0.5, 0.6) is 11.5 Å². The van der Waals surface area contributed by atoms with Gasteiger partial charge in [0.2, 0.25) is 0 Å². The topological polar surface area (TPSA) is 79.5 Å². The van der Waals surface area contributed by atoms with E-state index in [9.17, 15) is 15.2 Å². The summed E-state index contributed by atoms with van der Waals surface area (Å²) in [7, 11) is 2.94. The maximum absolute atomic E-state index is 11.6. The predicted octanol–water partition coefficient (Wildman–Crippen LogP) is 2.57. The van der Waals surface area contributed by atoms with E-state index in [4.69, 9.17) is 21.1 Å². The molecule has 0 bridgehead atoms. The number of halogens is 1. The first-order valence-corrected chi connectivity index (χ1v) is 6.52. The smallest absolute Gasteiger partial charge is 0.328 e. The van der Waals surface area contributed by atoms with Crippen molar-refractivity contribution in [3.05, 3.63) is 23.8 Å². The molecule has 0 aliphatic carbocycles. The zero-order valence-corrected chi connectivity index (χ0v) is 12.1. The van der Waals surface area contributed by atoms with Crippen molar-refractivity contribution in [2.45, 2.75) is 18.3 Å². The molecular formula is C14H16ClNO4. The molecule has 6 heteroatoms. The van der Waals surface area contributed by atoms with E-state index in [0.29, 0.717) is 29.4 Å². The average Bonchev–Trinajstić information content (AvgIpc) is 2.47. The molecule has 0 saturated heterocycles. The molecule has 0 fully saturated rings. The lowest BCUT2D eigenvalue weighted by Crippen LogP contribution is -2.34. The number of aliphatic carboxylic acids is 1. The summed E-state index contributed by atoms with van der Waals surface area (Å²) in [4.78, 5) is 11.6. The Kier molecular flexibility index (Phi) is 5.66. The maximum atomic E-state index is 11.6. The van der Waals surface area contributed by atoms with Crippen LogP contribution in [0.15, 0.2) is 18.2 Å². The van der Waals surface area contributed by atoms with Crippen molar-refractivity contribution in [3.8, 4) is 17.6 Å². The largest absolute Gasteiger partial charge is 0.493 e. The van der Waals surface area contributed by atoms with E-state index in [1.165, 1.54) is 20.3 Å². The molecule has 0 radical (unpaired) electrons. The molecule has 0 spiro atoms. The van der Waals surface area contributed by atoms with Crippen LogP contribution < -0.4 is 9.47 Å². The number of carboxylic acids is 1. The van der Waals surface area contributed by atoms with E-state index >= 15 is 0 Å². The molecule has 0 aliphatic rings. The van der Waals surface area contributed by atoms with Crippen LogP contribution in [-0.4, -0.2) is 31.2 Å². The molecule has 1 unspecified atom stereocenters. The van der Waals surface area contributed by atoms with Crippen LogP contribution >= 0.6 is 11.6 Å². The van der Waals surface area contributed by atoms with E-state index in [-0.39, 0.29) is 6.42 Å². The number of methoxy groups -OCH3 is 2.